The fourth-order valence-corrected chi connectivity index (χ4v) is 10.1. The van der Waals surface area contributed by atoms with E-state index in [-0.39, 0.29) is 5.91 Å². The number of nitrogens with zero attached hydrogens (tertiary/aromatic N) is 1. The first-order chi connectivity index (χ1) is 13.7. The molecule has 0 unspecified atom stereocenters. The van der Waals surface area contributed by atoms with E-state index >= 15 is 0 Å². The van der Waals surface area contributed by atoms with Crippen LogP contribution in [0.3, 0.4) is 0 Å². The average Bonchev–Trinajstić information content (AvgIpc) is 3.03. The third kappa shape index (κ3) is 6.31. The Morgan fingerprint density at radius 1 is 1.17 bits per heavy atom. The predicted molar refractivity (Wildman–Crippen MR) is 114 cm³/mol. The Kier molecular flexibility index (Phi) is 10.4. The minimum atomic E-state index is -1.54. The molecule has 0 bridgehead atoms. The molecule has 0 atom stereocenters. The molecule has 0 saturated carbocycles. The molecule has 0 aliphatic carbocycles. The molecule has 29 heavy (non-hydrogen) atoms. The monoisotopic (exact) mass is 606 g/mol. The number of aliphatic carboxylic acids is 1. The summed E-state index contributed by atoms with van der Waals surface area (Å²) in [5.41, 5.74) is 2.74. The molecule has 2 rings (SSSR count). The van der Waals surface area contributed by atoms with Crippen LogP contribution in [0, 0.1) is 0 Å². The quantitative estimate of drug-likeness (QED) is 0.468. The Bertz CT molecular complexity index is 835. The first-order valence-electron chi connectivity index (χ1n) is 10.1. The number of fused-ring (bicyclic) bond motifs is 1. The summed E-state index contributed by atoms with van der Waals surface area (Å²) >= 11 is 0.470. The summed E-state index contributed by atoms with van der Waals surface area (Å²) in [7, 11) is 0.220. The minimum absolute atomic E-state index is 0.0376. The van der Waals surface area contributed by atoms with Gasteiger partial charge in [0.15, 0.2) is 0 Å². The van der Waals surface area contributed by atoms with Crippen LogP contribution < -0.4 is 18.2 Å². The normalized spacial score (nSPS) is 11.0. The second-order valence-electron chi connectivity index (χ2n) is 7.17. The van der Waals surface area contributed by atoms with Gasteiger partial charge < -0.3 is 9.90 Å². The van der Waals surface area contributed by atoms with Gasteiger partial charge in [0.05, 0.1) is 0 Å². The topological polar surface area (TPSA) is 83.4 Å². The fourth-order valence-electron chi connectivity index (χ4n) is 3.87. The Hall–Kier alpha value is -1.35. The number of nitrogens with one attached hydrogen (secondary N) is 1. The number of hydrogen-bond donors (Lipinski definition) is 1. The van der Waals surface area contributed by atoms with Crippen molar-refractivity contribution < 1.29 is 45.6 Å². The van der Waals surface area contributed by atoms with Gasteiger partial charge in [-0.3, -0.25) is 0 Å². The molecule has 156 valence electrons. The average molecular weight is 605 g/mol. The van der Waals surface area contributed by atoms with Crippen LogP contribution in [0.4, 0.5) is 0 Å². The van der Waals surface area contributed by atoms with Crippen LogP contribution in [-0.4, -0.2) is 38.0 Å². The van der Waals surface area contributed by atoms with E-state index in [1.54, 1.807) is 14.0 Å². The van der Waals surface area contributed by atoms with Crippen LogP contribution >= 0.6 is 0 Å². The van der Waals surface area contributed by atoms with Crippen molar-refractivity contribution in [1.29, 1.82) is 0 Å². The summed E-state index contributed by atoms with van der Waals surface area (Å²) < 4.78 is 9.64. The Balaban J connectivity index is 0.000000960. The van der Waals surface area contributed by atoms with E-state index in [4.69, 9.17) is 14.6 Å². The van der Waals surface area contributed by atoms with E-state index in [0.29, 0.717) is 32.7 Å². The molecule has 0 saturated heterocycles. The van der Waals surface area contributed by atoms with Crippen molar-refractivity contribution in [3.8, 4) is 5.75 Å². The molecule has 0 aliphatic rings. The Morgan fingerprint density at radius 3 is 2.17 bits per heavy atom. The summed E-state index contributed by atoms with van der Waals surface area (Å²) in [6, 6.07) is 8.14. The van der Waals surface area contributed by atoms with Crippen LogP contribution in [0.5, 0.6) is 5.75 Å². The van der Waals surface area contributed by atoms with Gasteiger partial charge in [-0.1, -0.05) is 0 Å². The van der Waals surface area contributed by atoms with Gasteiger partial charge in [-0.05, 0) is 6.92 Å². The predicted octanol–water partition coefficient (Wildman–Crippen LogP) is 2.11. The molecule has 0 radical (unpaired) electrons. The molecule has 8 heteroatoms. The number of methoxy groups -OCH3 is 1. The van der Waals surface area contributed by atoms with Crippen LogP contribution in [-0.2, 0) is 42.1 Å². The molecule has 1 N–H and O–H groups in total. The number of aromatic nitrogens is 1. The third-order valence-electron chi connectivity index (χ3n) is 5.59. The Morgan fingerprint density at radius 2 is 1.72 bits per heavy atom. The van der Waals surface area contributed by atoms with Crippen molar-refractivity contribution >= 4 is 34.1 Å². The van der Waals surface area contributed by atoms with E-state index in [2.05, 4.69) is 48.7 Å². The van der Waals surface area contributed by atoms with E-state index < -0.39 is 14.2 Å². The van der Waals surface area contributed by atoms with Gasteiger partial charge in [0, 0.05) is 5.97 Å². The molecule has 6 nitrogen and oxygen atoms in total. The standard InChI is InChI=1S/C19H29N2O2Si.C2H4O2.Hg/c1-6-24(7-2,8-3)21-14-16(11-12-20-15(4)22)18-13-17(23-5)9-10-19(18)21;1-2(3)4;/h9-10,14H,6-8,11-12H2,1-5H3,(H,20,22);1H3,(H,3,4);/q;;+1/p-1. The van der Waals surface area contributed by atoms with Crippen LogP contribution in [0.25, 0.3) is 10.9 Å². The summed E-state index contributed by atoms with van der Waals surface area (Å²) in [6.07, 6.45) is 3.27. The number of benzene rings is 1. The first kappa shape index (κ1) is 25.7. The molecule has 0 aliphatic heterocycles. The van der Waals surface area contributed by atoms with Gasteiger partial charge in [-0.25, -0.2) is 0 Å². The summed E-state index contributed by atoms with van der Waals surface area (Å²) in [5.74, 6) is -0.0262. The zero-order valence-electron chi connectivity index (χ0n) is 18.6. The Labute approximate surface area is 191 Å². The van der Waals surface area contributed by atoms with Crippen molar-refractivity contribution in [2.45, 2.75) is 59.2 Å². The van der Waals surface area contributed by atoms with Gasteiger partial charge in [0.25, 0.3) is 0 Å². The molecule has 1 heterocycles. The van der Waals surface area contributed by atoms with E-state index in [0.717, 1.165) is 19.1 Å². The number of ether oxygens (including phenoxy) is 1. The fraction of sp³-hybridized carbons (Fsp3) is 0.524. The van der Waals surface area contributed by atoms with Gasteiger partial charge in [-0.2, -0.15) is 0 Å². The summed E-state index contributed by atoms with van der Waals surface area (Å²) in [6.45, 7) is 10.3. The molecule has 1 aromatic heterocycles. The number of carboxylic acid groups (broad SMARTS) is 1. The second-order valence-corrected chi connectivity index (χ2v) is 15.0. The molecular weight excluding hydrogens is 573 g/mol. The van der Waals surface area contributed by atoms with Crippen molar-refractivity contribution in [3.05, 3.63) is 23.9 Å². The second kappa shape index (κ2) is 11.7. The third-order valence-corrected chi connectivity index (χ3v) is 13.7. The molecule has 1 amide bonds. The maximum atomic E-state index is 11.2. The van der Waals surface area contributed by atoms with Crippen molar-refractivity contribution in [2.24, 2.45) is 0 Å². The van der Waals surface area contributed by atoms with Crippen LogP contribution in [0.1, 0.15) is 40.2 Å². The van der Waals surface area contributed by atoms with E-state index in [1.165, 1.54) is 37.7 Å². The van der Waals surface area contributed by atoms with Gasteiger partial charge >= 0.3 is 169 Å². The molecule has 0 fully saturated rings. The SMILES string of the molecule is CC(=O)[O-].CC[Si](CC)(CC)n1cc(CCNC(C)=O)c2[c]([Hg+])c(OC)ccc21. The van der Waals surface area contributed by atoms with Crippen LogP contribution in [0.15, 0.2) is 18.3 Å². The van der Waals surface area contributed by atoms with Crippen molar-refractivity contribution in [1.82, 2.24) is 9.55 Å². The summed E-state index contributed by atoms with van der Waals surface area (Å²) in [4.78, 5) is 20.1. The number of carbonyl (C=O) groups is 2. The van der Waals surface area contributed by atoms with E-state index in [9.17, 15) is 4.79 Å². The van der Waals surface area contributed by atoms with Gasteiger partial charge in [0.1, 0.15) is 0 Å². The molecule has 0 spiro atoms. The van der Waals surface area contributed by atoms with E-state index in [1.807, 2.05) is 0 Å². The maximum absolute atomic E-state index is 11.2. The van der Waals surface area contributed by atoms with Gasteiger partial charge in [-0.15, -0.1) is 0 Å². The molecule has 1 aromatic carbocycles. The van der Waals surface area contributed by atoms with Crippen molar-refractivity contribution in [2.75, 3.05) is 13.7 Å². The zero-order valence-corrected chi connectivity index (χ0v) is 25.1. The number of rotatable bonds is 8. The number of carboxylic acids is 1. The first-order valence-corrected chi connectivity index (χ1v) is 15.4. The van der Waals surface area contributed by atoms with Crippen molar-refractivity contribution in [3.63, 3.8) is 0 Å². The van der Waals surface area contributed by atoms with Crippen LogP contribution in [0.2, 0.25) is 18.1 Å². The molecular formula is C21H32HgN2O4Si. The molecule has 2 aromatic rings. The number of amides is 1. The number of carbonyl (C=O) groups excluding carboxylic acids is 2. The summed E-state index contributed by atoms with van der Waals surface area (Å²) in [5, 5.41) is 13.2. The zero-order chi connectivity index (χ0) is 22.2. The number of hydrogen-bond acceptors (Lipinski definition) is 4. The van der Waals surface area contributed by atoms with Gasteiger partial charge in [0.2, 0.25) is 0 Å².